The molecule has 0 saturated carbocycles. The van der Waals surface area contributed by atoms with Crippen molar-refractivity contribution in [3.05, 3.63) is 42.5 Å². The number of nitrogens with one attached hydrogen (secondary N) is 1. The summed E-state index contributed by atoms with van der Waals surface area (Å²) in [6.07, 6.45) is 5.00. The number of pyridine rings is 1. The largest absolute Gasteiger partial charge is 0.422 e. The number of rotatable bonds is 4. The average molecular weight is 283 g/mol. The molecular weight excluding hydrogens is 270 g/mol. The molecule has 1 N–H and O–H groups in total. The maximum absolute atomic E-state index is 5.61. The van der Waals surface area contributed by atoms with Crippen molar-refractivity contribution >= 4 is 5.95 Å². The summed E-state index contributed by atoms with van der Waals surface area (Å²) in [5.41, 5.74) is 0.908. The standard InChI is InChI=1S/C13H13N7O/c1-9-4-5-10(8-15-9)21-13-18-11(14-2)17-12(19-13)20-7-3-6-16-20/h3-8H,1-2H3,(H,14,17,18,19). The van der Waals surface area contributed by atoms with Gasteiger partial charge >= 0.3 is 6.01 Å². The third-order valence-electron chi connectivity index (χ3n) is 2.63. The summed E-state index contributed by atoms with van der Waals surface area (Å²) >= 11 is 0. The third-order valence-corrected chi connectivity index (χ3v) is 2.63. The van der Waals surface area contributed by atoms with Gasteiger partial charge in [0, 0.05) is 25.1 Å². The van der Waals surface area contributed by atoms with Gasteiger partial charge in [-0.1, -0.05) is 0 Å². The van der Waals surface area contributed by atoms with E-state index in [1.807, 2.05) is 13.0 Å². The molecule has 0 amide bonds. The van der Waals surface area contributed by atoms with Crippen LogP contribution >= 0.6 is 0 Å². The zero-order valence-electron chi connectivity index (χ0n) is 11.6. The summed E-state index contributed by atoms with van der Waals surface area (Å²) < 4.78 is 7.14. The molecule has 0 aliphatic heterocycles. The third kappa shape index (κ3) is 2.94. The fraction of sp³-hybridized carbons (Fsp3) is 0.154. The number of hydrogen-bond acceptors (Lipinski definition) is 7. The highest BCUT2D eigenvalue weighted by atomic mass is 16.5. The van der Waals surface area contributed by atoms with Gasteiger partial charge in [-0.05, 0) is 25.1 Å². The van der Waals surface area contributed by atoms with Gasteiger partial charge in [0.15, 0.2) is 0 Å². The summed E-state index contributed by atoms with van der Waals surface area (Å²) in [6.45, 7) is 1.90. The van der Waals surface area contributed by atoms with Crippen LogP contribution in [-0.4, -0.2) is 36.8 Å². The minimum atomic E-state index is 0.172. The molecule has 0 spiro atoms. The van der Waals surface area contributed by atoms with Crippen LogP contribution in [0.2, 0.25) is 0 Å². The lowest BCUT2D eigenvalue weighted by molar-refractivity contribution is 0.436. The van der Waals surface area contributed by atoms with Crippen LogP contribution < -0.4 is 10.1 Å². The molecule has 21 heavy (non-hydrogen) atoms. The van der Waals surface area contributed by atoms with Gasteiger partial charge in [0.05, 0.1) is 6.20 Å². The highest BCUT2D eigenvalue weighted by Gasteiger charge is 2.09. The van der Waals surface area contributed by atoms with Gasteiger partial charge in [-0.15, -0.1) is 0 Å². The van der Waals surface area contributed by atoms with Gasteiger partial charge in [0.25, 0.3) is 5.95 Å². The first-order chi connectivity index (χ1) is 10.2. The first-order valence-corrected chi connectivity index (χ1v) is 6.29. The van der Waals surface area contributed by atoms with Gasteiger partial charge < -0.3 is 10.1 Å². The molecule has 3 aromatic rings. The molecule has 0 radical (unpaired) electrons. The lowest BCUT2D eigenvalue weighted by Gasteiger charge is -2.07. The van der Waals surface area contributed by atoms with Crippen LogP contribution in [0.1, 0.15) is 5.69 Å². The van der Waals surface area contributed by atoms with Gasteiger partial charge in [-0.25, -0.2) is 4.68 Å². The van der Waals surface area contributed by atoms with E-state index in [0.717, 1.165) is 5.69 Å². The molecule has 0 aliphatic rings. The van der Waals surface area contributed by atoms with Crippen molar-refractivity contribution in [2.75, 3.05) is 12.4 Å². The van der Waals surface area contributed by atoms with Crippen molar-refractivity contribution in [3.63, 3.8) is 0 Å². The summed E-state index contributed by atoms with van der Waals surface area (Å²) in [5, 5.41) is 6.96. The summed E-state index contributed by atoms with van der Waals surface area (Å²) in [6, 6.07) is 5.61. The predicted octanol–water partition coefficient (Wildman–Crippen LogP) is 1.59. The molecule has 3 rings (SSSR count). The predicted molar refractivity (Wildman–Crippen MR) is 75.5 cm³/mol. The normalized spacial score (nSPS) is 10.4. The fourth-order valence-electron chi connectivity index (χ4n) is 1.61. The Bertz CT molecular complexity index is 725. The van der Waals surface area contributed by atoms with E-state index in [2.05, 4.69) is 30.4 Å². The molecule has 0 aromatic carbocycles. The number of anilines is 1. The maximum Gasteiger partial charge on any atom is 0.328 e. The lowest BCUT2D eigenvalue weighted by Crippen LogP contribution is -2.08. The SMILES string of the molecule is CNc1nc(Oc2ccc(C)nc2)nc(-n2cccn2)n1. The van der Waals surface area contributed by atoms with E-state index in [9.17, 15) is 0 Å². The van der Waals surface area contributed by atoms with Gasteiger partial charge in [0.2, 0.25) is 5.95 Å². The van der Waals surface area contributed by atoms with E-state index in [1.165, 1.54) is 4.68 Å². The zero-order valence-corrected chi connectivity index (χ0v) is 11.6. The van der Waals surface area contributed by atoms with Crippen LogP contribution in [0, 0.1) is 6.92 Å². The van der Waals surface area contributed by atoms with Crippen molar-refractivity contribution in [2.45, 2.75) is 6.92 Å². The average Bonchev–Trinajstić information content (AvgIpc) is 3.04. The van der Waals surface area contributed by atoms with E-state index in [4.69, 9.17) is 4.74 Å². The molecule has 0 bridgehead atoms. The molecule has 8 nitrogen and oxygen atoms in total. The minimum absolute atomic E-state index is 0.172. The Labute approximate surface area is 120 Å². The molecule has 0 unspecified atom stereocenters. The molecule has 3 aromatic heterocycles. The number of aryl methyl sites for hydroxylation is 1. The lowest BCUT2D eigenvalue weighted by atomic mass is 10.4. The van der Waals surface area contributed by atoms with E-state index in [1.54, 1.807) is 37.8 Å². The topological polar surface area (TPSA) is 90.6 Å². The van der Waals surface area contributed by atoms with Crippen molar-refractivity contribution in [2.24, 2.45) is 0 Å². The number of ether oxygens (including phenoxy) is 1. The summed E-state index contributed by atoms with van der Waals surface area (Å²) in [5.74, 6) is 1.32. The van der Waals surface area contributed by atoms with E-state index in [-0.39, 0.29) is 6.01 Å². The van der Waals surface area contributed by atoms with E-state index < -0.39 is 0 Å². The Morgan fingerprint density at radius 2 is 2.10 bits per heavy atom. The van der Waals surface area contributed by atoms with Crippen LogP contribution in [0.5, 0.6) is 11.8 Å². The molecule has 0 fully saturated rings. The summed E-state index contributed by atoms with van der Waals surface area (Å²) in [4.78, 5) is 16.8. The van der Waals surface area contributed by atoms with Crippen molar-refractivity contribution in [1.29, 1.82) is 0 Å². The molecule has 3 heterocycles. The number of aromatic nitrogens is 6. The van der Waals surface area contributed by atoms with Crippen LogP contribution in [0.25, 0.3) is 5.95 Å². The smallest absolute Gasteiger partial charge is 0.328 e. The van der Waals surface area contributed by atoms with Gasteiger partial charge in [-0.3, -0.25) is 4.98 Å². The fourth-order valence-corrected chi connectivity index (χ4v) is 1.61. The highest BCUT2D eigenvalue weighted by Crippen LogP contribution is 2.18. The zero-order chi connectivity index (χ0) is 14.7. The first kappa shape index (κ1) is 13.0. The van der Waals surface area contributed by atoms with Crippen molar-refractivity contribution in [1.82, 2.24) is 29.7 Å². The van der Waals surface area contributed by atoms with Crippen LogP contribution in [0.3, 0.4) is 0 Å². The van der Waals surface area contributed by atoms with Crippen molar-refractivity contribution in [3.8, 4) is 17.7 Å². The monoisotopic (exact) mass is 283 g/mol. The van der Waals surface area contributed by atoms with Crippen molar-refractivity contribution < 1.29 is 4.74 Å². The molecule has 8 heteroatoms. The Morgan fingerprint density at radius 3 is 2.76 bits per heavy atom. The first-order valence-electron chi connectivity index (χ1n) is 6.29. The summed E-state index contributed by atoms with van der Waals surface area (Å²) in [7, 11) is 1.72. The van der Waals surface area contributed by atoms with E-state index in [0.29, 0.717) is 17.6 Å². The number of hydrogen-bond donors (Lipinski definition) is 1. The molecule has 0 aliphatic carbocycles. The Hall–Kier alpha value is -3.03. The van der Waals surface area contributed by atoms with Crippen LogP contribution in [0.15, 0.2) is 36.8 Å². The van der Waals surface area contributed by atoms with Crippen LogP contribution in [-0.2, 0) is 0 Å². The second kappa shape index (κ2) is 5.53. The van der Waals surface area contributed by atoms with Gasteiger partial charge in [0.1, 0.15) is 5.75 Å². The van der Waals surface area contributed by atoms with Crippen LogP contribution in [0.4, 0.5) is 5.95 Å². The van der Waals surface area contributed by atoms with E-state index >= 15 is 0 Å². The highest BCUT2D eigenvalue weighted by molar-refractivity contribution is 5.31. The Morgan fingerprint density at radius 1 is 1.19 bits per heavy atom. The molecule has 0 saturated heterocycles. The second-order valence-corrected chi connectivity index (χ2v) is 4.18. The Kier molecular flexibility index (Phi) is 3.42. The molecular formula is C13H13N7O. The molecule has 0 atom stereocenters. The number of nitrogens with zero attached hydrogens (tertiary/aromatic N) is 6. The Balaban J connectivity index is 1.94. The van der Waals surface area contributed by atoms with Gasteiger partial charge in [-0.2, -0.15) is 20.1 Å². The molecule has 106 valence electrons. The minimum Gasteiger partial charge on any atom is -0.422 e. The maximum atomic E-state index is 5.61. The quantitative estimate of drug-likeness (QED) is 0.777. The second-order valence-electron chi connectivity index (χ2n) is 4.18.